The Labute approximate surface area is 161 Å². The monoisotopic (exact) mass is 386 g/mol. The van der Waals surface area contributed by atoms with Crippen molar-refractivity contribution in [2.24, 2.45) is 5.41 Å². The molecule has 26 heavy (non-hydrogen) atoms. The molecule has 7 heteroatoms. The third-order valence-corrected chi connectivity index (χ3v) is 6.49. The van der Waals surface area contributed by atoms with Crippen LogP contribution in [-0.4, -0.2) is 21.5 Å². The summed E-state index contributed by atoms with van der Waals surface area (Å²) >= 11 is 3.21. The second-order valence-corrected chi connectivity index (χ2v) is 9.70. The third-order valence-electron chi connectivity index (χ3n) is 4.82. The van der Waals surface area contributed by atoms with E-state index in [2.05, 4.69) is 37.1 Å². The number of thioether (sulfide) groups is 1. The number of nitrogens with zero attached hydrogens (tertiary/aromatic N) is 2. The van der Waals surface area contributed by atoms with Gasteiger partial charge >= 0.3 is 0 Å². The Kier molecular flexibility index (Phi) is 4.31. The Balaban J connectivity index is 1.92. The number of carbonyl (C=O) groups excluding carboxylic acids is 1. The topological polar surface area (TPSA) is 80.9 Å². The summed E-state index contributed by atoms with van der Waals surface area (Å²) in [6.07, 6.45) is 1.38. The summed E-state index contributed by atoms with van der Waals surface area (Å²) in [6, 6.07) is 4.08. The lowest BCUT2D eigenvalue weighted by Crippen LogP contribution is -2.34. The van der Waals surface area contributed by atoms with Crippen molar-refractivity contribution in [1.29, 1.82) is 0 Å². The number of aromatic nitrogens is 2. The summed E-state index contributed by atoms with van der Waals surface area (Å²) in [4.78, 5) is 23.4. The van der Waals surface area contributed by atoms with Crippen LogP contribution >= 0.6 is 23.1 Å². The molecule has 136 valence electrons. The second-order valence-electron chi connectivity index (χ2n) is 7.49. The lowest BCUT2D eigenvalue weighted by molar-refractivity contribution is -0.118. The van der Waals surface area contributed by atoms with Crippen LogP contribution in [0.5, 0.6) is 0 Å². The number of rotatable bonds is 3. The molecule has 1 atom stereocenters. The van der Waals surface area contributed by atoms with E-state index in [9.17, 15) is 4.79 Å². The maximum absolute atomic E-state index is 13.1. The molecule has 2 aliphatic rings. The van der Waals surface area contributed by atoms with Gasteiger partial charge in [-0.15, -0.1) is 11.3 Å². The van der Waals surface area contributed by atoms with Gasteiger partial charge in [0.2, 0.25) is 0 Å². The number of Topliss-reactive ketones (excluding diaryl/α,β-unsaturated/α-hetero) is 1. The molecule has 0 amide bonds. The van der Waals surface area contributed by atoms with E-state index >= 15 is 0 Å². The van der Waals surface area contributed by atoms with Gasteiger partial charge in [-0.05, 0) is 29.0 Å². The fourth-order valence-corrected chi connectivity index (χ4v) is 5.27. The number of nitrogen functional groups attached to an aromatic ring is 1. The van der Waals surface area contributed by atoms with E-state index in [1.165, 1.54) is 0 Å². The smallest absolute Gasteiger partial charge is 0.191 e. The van der Waals surface area contributed by atoms with Crippen molar-refractivity contribution >= 4 is 40.5 Å². The van der Waals surface area contributed by atoms with Crippen molar-refractivity contribution in [3.63, 3.8) is 0 Å². The minimum absolute atomic E-state index is 0.0556. The van der Waals surface area contributed by atoms with Crippen LogP contribution < -0.4 is 11.1 Å². The van der Waals surface area contributed by atoms with Gasteiger partial charge in [-0.2, -0.15) is 0 Å². The summed E-state index contributed by atoms with van der Waals surface area (Å²) in [7, 11) is 0. The van der Waals surface area contributed by atoms with Crippen LogP contribution in [0.4, 0.5) is 11.6 Å². The summed E-state index contributed by atoms with van der Waals surface area (Å²) in [6.45, 7) is 6.34. The van der Waals surface area contributed by atoms with E-state index in [0.29, 0.717) is 17.4 Å². The highest BCUT2D eigenvalue weighted by Crippen LogP contribution is 2.50. The zero-order valence-electron chi connectivity index (χ0n) is 15.1. The Bertz CT molecular complexity index is 903. The molecular weight excluding hydrogens is 364 g/mol. The highest BCUT2D eigenvalue weighted by molar-refractivity contribution is 7.99. The van der Waals surface area contributed by atoms with Gasteiger partial charge in [0.25, 0.3) is 0 Å². The normalized spacial score (nSPS) is 21.2. The first-order valence-electron chi connectivity index (χ1n) is 8.76. The first kappa shape index (κ1) is 17.5. The van der Waals surface area contributed by atoms with Crippen LogP contribution in [0.25, 0.3) is 0 Å². The minimum atomic E-state index is -0.175. The number of nitrogens with two attached hydrogens (primary N) is 1. The van der Waals surface area contributed by atoms with Crippen molar-refractivity contribution in [1.82, 2.24) is 9.97 Å². The molecule has 0 radical (unpaired) electrons. The number of anilines is 2. The average molecular weight is 387 g/mol. The fourth-order valence-electron chi connectivity index (χ4n) is 3.85. The zero-order valence-corrected chi connectivity index (χ0v) is 16.8. The van der Waals surface area contributed by atoms with Gasteiger partial charge in [-0.3, -0.25) is 4.79 Å². The summed E-state index contributed by atoms with van der Waals surface area (Å²) in [5, 5.41) is 6.14. The zero-order chi connectivity index (χ0) is 18.5. The first-order valence-corrected chi connectivity index (χ1v) is 10.6. The fraction of sp³-hybridized carbons (Fsp3) is 0.421. The summed E-state index contributed by atoms with van der Waals surface area (Å²) in [5.74, 6) is 2.10. The quantitative estimate of drug-likeness (QED) is 0.600. The average Bonchev–Trinajstić information content (AvgIpc) is 3.06. The molecular formula is C19H22N4OS2. The van der Waals surface area contributed by atoms with Crippen molar-refractivity contribution in [3.8, 4) is 0 Å². The summed E-state index contributed by atoms with van der Waals surface area (Å²) < 4.78 is 0. The molecule has 0 saturated carbocycles. The number of carbonyl (C=O) groups is 1. The van der Waals surface area contributed by atoms with Crippen LogP contribution in [0, 0.1) is 5.41 Å². The van der Waals surface area contributed by atoms with Crippen LogP contribution in [0.3, 0.4) is 0 Å². The van der Waals surface area contributed by atoms with Gasteiger partial charge in [0, 0.05) is 28.1 Å². The van der Waals surface area contributed by atoms with Crippen LogP contribution in [0.15, 0.2) is 33.9 Å². The van der Waals surface area contributed by atoms with Gasteiger partial charge < -0.3 is 11.1 Å². The molecule has 0 aromatic carbocycles. The molecule has 0 fully saturated rings. The Hall–Kier alpha value is -1.86. The number of ketones is 1. The number of nitrogens with one attached hydrogen (secondary N) is 1. The molecule has 1 aliphatic carbocycles. The highest BCUT2D eigenvalue weighted by Gasteiger charge is 2.42. The molecule has 5 nitrogen and oxygen atoms in total. The predicted octanol–water partition coefficient (Wildman–Crippen LogP) is 4.43. The van der Waals surface area contributed by atoms with Crippen molar-refractivity contribution in [3.05, 3.63) is 39.2 Å². The van der Waals surface area contributed by atoms with E-state index in [1.807, 2.05) is 11.4 Å². The molecule has 0 spiro atoms. The van der Waals surface area contributed by atoms with Crippen LogP contribution in [0.1, 0.15) is 50.0 Å². The SMILES string of the molecule is CCSc1nc(N)c2c(n1)NC1=C(C(=O)CC(C)(C)C1)C2c1cccs1. The van der Waals surface area contributed by atoms with E-state index < -0.39 is 0 Å². The largest absolute Gasteiger partial charge is 0.383 e. The Morgan fingerprint density at radius 1 is 1.38 bits per heavy atom. The van der Waals surface area contributed by atoms with E-state index in [-0.39, 0.29) is 17.1 Å². The first-order chi connectivity index (χ1) is 12.4. The van der Waals surface area contributed by atoms with E-state index in [1.54, 1.807) is 23.1 Å². The second kappa shape index (κ2) is 6.39. The van der Waals surface area contributed by atoms with E-state index in [0.717, 1.165) is 39.7 Å². The van der Waals surface area contributed by atoms with Crippen LogP contribution in [0.2, 0.25) is 0 Å². The number of hydrogen-bond donors (Lipinski definition) is 2. The van der Waals surface area contributed by atoms with Crippen molar-refractivity contribution in [2.45, 2.75) is 44.7 Å². The molecule has 0 saturated heterocycles. The summed E-state index contributed by atoms with van der Waals surface area (Å²) in [5.41, 5.74) is 8.96. The molecule has 2 aromatic rings. The number of fused-ring (bicyclic) bond motifs is 1. The number of allylic oxidation sites excluding steroid dienone is 2. The highest BCUT2D eigenvalue weighted by atomic mass is 32.2. The number of hydrogen-bond acceptors (Lipinski definition) is 7. The van der Waals surface area contributed by atoms with Gasteiger partial charge in [0.05, 0.1) is 5.92 Å². The van der Waals surface area contributed by atoms with Crippen molar-refractivity contribution < 1.29 is 4.79 Å². The number of thiophene rings is 1. The lowest BCUT2D eigenvalue weighted by atomic mass is 9.70. The van der Waals surface area contributed by atoms with Crippen molar-refractivity contribution in [2.75, 3.05) is 16.8 Å². The van der Waals surface area contributed by atoms with Gasteiger partial charge in [0.1, 0.15) is 11.6 Å². The van der Waals surface area contributed by atoms with Gasteiger partial charge in [-0.25, -0.2) is 9.97 Å². The molecule has 4 rings (SSSR count). The van der Waals surface area contributed by atoms with Gasteiger partial charge in [0.15, 0.2) is 10.9 Å². The molecule has 1 aliphatic heterocycles. The molecule has 3 heterocycles. The Morgan fingerprint density at radius 3 is 2.88 bits per heavy atom. The third kappa shape index (κ3) is 2.93. The molecule has 1 unspecified atom stereocenters. The predicted molar refractivity (Wildman–Crippen MR) is 108 cm³/mol. The van der Waals surface area contributed by atoms with Gasteiger partial charge in [-0.1, -0.05) is 38.6 Å². The maximum atomic E-state index is 13.1. The lowest BCUT2D eigenvalue weighted by Gasteiger charge is -2.38. The van der Waals surface area contributed by atoms with Crippen LogP contribution in [-0.2, 0) is 4.79 Å². The molecule has 3 N–H and O–H groups in total. The Morgan fingerprint density at radius 2 is 2.19 bits per heavy atom. The van der Waals surface area contributed by atoms with E-state index in [4.69, 9.17) is 10.7 Å². The maximum Gasteiger partial charge on any atom is 0.191 e. The standard InChI is InChI=1S/C19H22N4OS2/c1-4-25-18-22-16(20)15-14(12-6-5-7-26-12)13-10(21-17(15)23-18)8-19(2,3)9-11(13)24/h5-7,14H,4,8-9H2,1-3H3,(H3,20,21,22,23). The minimum Gasteiger partial charge on any atom is -0.383 e. The molecule has 2 aromatic heterocycles. The molecule has 0 bridgehead atoms.